The maximum absolute atomic E-state index is 5.59. The van der Waals surface area contributed by atoms with E-state index in [1.165, 1.54) is 0 Å². The van der Waals surface area contributed by atoms with E-state index >= 15 is 0 Å². The van der Waals surface area contributed by atoms with Crippen molar-refractivity contribution in [3.05, 3.63) is 12.0 Å². The van der Waals surface area contributed by atoms with E-state index in [0.29, 0.717) is 12.1 Å². The van der Waals surface area contributed by atoms with Crippen molar-refractivity contribution in [1.82, 2.24) is 15.2 Å². The quantitative estimate of drug-likeness (QED) is 0.875. The Balaban J connectivity index is 2.01. The van der Waals surface area contributed by atoms with Crippen molar-refractivity contribution in [3.8, 4) is 0 Å². The van der Waals surface area contributed by atoms with Gasteiger partial charge in [0.25, 0.3) is 6.01 Å². The van der Waals surface area contributed by atoms with Crippen LogP contribution < -0.4 is 10.2 Å². The van der Waals surface area contributed by atoms with Crippen LogP contribution in [0.2, 0.25) is 0 Å². The third-order valence-electron chi connectivity index (χ3n) is 3.73. The topological polar surface area (TPSA) is 44.5 Å². The summed E-state index contributed by atoms with van der Waals surface area (Å²) in [5, 5.41) is 3.26. The first kappa shape index (κ1) is 13.4. The first-order chi connectivity index (χ1) is 8.61. The molecule has 1 N–H and O–H groups in total. The predicted octanol–water partition coefficient (Wildman–Crippen LogP) is 1.31. The zero-order valence-electron chi connectivity index (χ0n) is 11.8. The van der Waals surface area contributed by atoms with E-state index in [1.807, 2.05) is 0 Å². The SMILES string of the molecule is CCNCc1coc(N2CC(C)N(C)C(C)C2)n1. The summed E-state index contributed by atoms with van der Waals surface area (Å²) in [6, 6.07) is 1.81. The largest absolute Gasteiger partial charge is 0.432 e. The van der Waals surface area contributed by atoms with Gasteiger partial charge >= 0.3 is 0 Å². The molecule has 2 unspecified atom stereocenters. The van der Waals surface area contributed by atoms with Crippen LogP contribution in [0.3, 0.4) is 0 Å². The van der Waals surface area contributed by atoms with Gasteiger partial charge in [-0.05, 0) is 27.4 Å². The van der Waals surface area contributed by atoms with Crippen LogP contribution in [0.15, 0.2) is 10.7 Å². The van der Waals surface area contributed by atoms with E-state index in [-0.39, 0.29) is 0 Å². The van der Waals surface area contributed by atoms with Gasteiger partial charge in [0, 0.05) is 31.7 Å². The lowest BCUT2D eigenvalue weighted by Gasteiger charge is -2.41. The molecule has 2 rings (SSSR count). The number of likely N-dealkylation sites (N-methyl/N-ethyl adjacent to an activating group) is 1. The van der Waals surface area contributed by atoms with Crippen molar-refractivity contribution in [1.29, 1.82) is 0 Å². The zero-order chi connectivity index (χ0) is 13.1. The highest BCUT2D eigenvalue weighted by molar-refractivity contribution is 5.29. The van der Waals surface area contributed by atoms with E-state index in [9.17, 15) is 0 Å². The summed E-state index contributed by atoms with van der Waals surface area (Å²) in [5.41, 5.74) is 0.978. The fourth-order valence-corrected chi connectivity index (χ4v) is 2.34. The Morgan fingerprint density at radius 2 is 2.06 bits per heavy atom. The van der Waals surface area contributed by atoms with Crippen LogP contribution in [-0.4, -0.2) is 48.6 Å². The maximum Gasteiger partial charge on any atom is 0.297 e. The van der Waals surface area contributed by atoms with E-state index in [1.54, 1.807) is 6.26 Å². The monoisotopic (exact) mass is 252 g/mol. The minimum atomic E-state index is 0.526. The Kier molecular flexibility index (Phi) is 4.24. The van der Waals surface area contributed by atoms with Crippen LogP contribution in [0.1, 0.15) is 26.5 Å². The number of hydrogen-bond acceptors (Lipinski definition) is 5. The van der Waals surface area contributed by atoms with Crippen molar-refractivity contribution in [2.75, 3.05) is 31.6 Å². The van der Waals surface area contributed by atoms with Gasteiger partial charge in [-0.15, -0.1) is 0 Å². The molecular formula is C13H24N4O. The molecular weight excluding hydrogens is 228 g/mol. The molecule has 1 saturated heterocycles. The molecule has 0 amide bonds. The summed E-state index contributed by atoms with van der Waals surface area (Å²) in [5.74, 6) is 0. The first-order valence-corrected chi connectivity index (χ1v) is 6.73. The van der Waals surface area contributed by atoms with Crippen LogP contribution in [0, 0.1) is 0 Å². The first-order valence-electron chi connectivity index (χ1n) is 6.73. The molecule has 0 radical (unpaired) electrons. The summed E-state index contributed by atoms with van der Waals surface area (Å²) in [6.07, 6.45) is 1.76. The molecule has 1 fully saturated rings. The molecule has 5 nitrogen and oxygen atoms in total. The molecule has 18 heavy (non-hydrogen) atoms. The average molecular weight is 252 g/mol. The highest BCUT2D eigenvalue weighted by Gasteiger charge is 2.28. The Hall–Kier alpha value is -1.07. The molecule has 1 aromatic rings. The second-order valence-corrected chi connectivity index (χ2v) is 5.17. The van der Waals surface area contributed by atoms with Gasteiger partial charge < -0.3 is 14.6 Å². The molecule has 0 aromatic carbocycles. The van der Waals surface area contributed by atoms with Gasteiger partial charge in [0.15, 0.2) is 0 Å². The van der Waals surface area contributed by atoms with Gasteiger partial charge in [0.2, 0.25) is 0 Å². The Labute approximate surface area is 109 Å². The molecule has 102 valence electrons. The molecule has 5 heteroatoms. The number of aromatic nitrogens is 1. The Morgan fingerprint density at radius 1 is 1.39 bits per heavy atom. The maximum atomic E-state index is 5.59. The van der Waals surface area contributed by atoms with Gasteiger partial charge in [-0.1, -0.05) is 6.92 Å². The second kappa shape index (κ2) is 5.71. The fourth-order valence-electron chi connectivity index (χ4n) is 2.34. The molecule has 2 atom stereocenters. The van der Waals surface area contributed by atoms with Crippen LogP contribution >= 0.6 is 0 Å². The van der Waals surface area contributed by atoms with Gasteiger partial charge in [-0.3, -0.25) is 4.90 Å². The summed E-state index contributed by atoms with van der Waals surface area (Å²) in [6.45, 7) is 10.2. The minimum absolute atomic E-state index is 0.526. The third-order valence-corrected chi connectivity index (χ3v) is 3.73. The number of nitrogens with one attached hydrogen (secondary N) is 1. The molecule has 1 aliphatic heterocycles. The van der Waals surface area contributed by atoms with Crippen LogP contribution in [0.5, 0.6) is 0 Å². The van der Waals surface area contributed by atoms with Crippen molar-refractivity contribution in [2.24, 2.45) is 0 Å². The van der Waals surface area contributed by atoms with Crippen LogP contribution in [0.4, 0.5) is 6.01 Å². The summed E-state index contributed by atoms with van der Waals surface area (Å²) in [7, 11) is 2.18. The average Bonchev–Trinajstić information content (AvgIpc) is 2.81. The van der Waals surface area contributed by atoms with Crippen LogP contribution in [0.25, 0.3) is 0 Å². The highest BCUT2D eigenvalue weighted by Crippen LogP contribution is 2.20. The lowest BCUT2D eigenvalue weighted by molar-refractivity contribution is 0.166. The zero-order valence-corrected chi connectivity index (χ0v) is 11.8. The van der Waals surface area contributed by atoms with Crippen molar-refractivity contribution >= 4 is 6.01 Å². The van der Waals surface area contributed by atoms with Gasteiger partial charge in [-0.2, -0.15) is 4.98 Å². The Bertz CT molecular complexity index is 367. The van der Waals surface area contributed by atoms with E-state index in [4.69, 9.17) is 4.42 Å². The lowest BCUT2D eigenvalue weighted by atomic mass is 10.1. The fraction of sp³-hybridized carbons (Fsp3) is 0.769. The second-order valence-electron chi connectivity index (χ2n) is 5.17. The van der Waals surface area contributed by atoms with Gasteiger partial charge in [-0.25, -0.2) is 0 Å². The molecule has 1 aliphatic rings. The van der Waals surface area contributed by atoms with E-state index < -0.39 is 0 Å². The molecule has 0 spiro atoms. The number of nitrogens with zero attached hydrogens (tertiary/aromatic N) is 3. The molecule has 0 bridgehead atoms. The summed E-state index contributed by atoms with van der Waals surface area (Å²) in [4.78, 5) is 9.19. The number of hydrogen-bond donors (Lipinski definition) is 1. The normalized spacial score (nSPS) is 25.7. The summed E-state index contributed by atoms with van der Waals surface area (Å²) >= 11 is 0. The molecule has 0 saturated carbocycles. The molecule has 0 aliphatic carbocycles. The van der Waals surface area contributed by atoms with E-state index in [0.717, 1.165) is 37.9 Å². The Morgan fingerprint density at radius 3 is 2.67 bits per heavy atom. The highest BCUT2D eigenvalue weighted by atomic mass is 16.4. The van der Waals surface area contributed by atoms with E-state index in [2.05, 4.69) is 47.9 Å². The molecule has 1 aromatic heterocycles. The lowest BCUT2D eigenvalue weighted by Crippen LogP contribution is -2.55. The van der Waals surface area contributed by atoms with Crippen molar-refractivity contribution in [3.63, 3.8) is 0 Å². The number of anilines is 1. The van der Waals surface area contributed by atoms with Gasteiger partial charge in [0.1, 0.15) is 6.26 Å². The van der Waals surface area contributed by atoms with Crippen molar-refractivity contribution in [2.45, 2.75) is 39.4 Å². The minimum Gasteiger partial charge on any atom is -0.432 e. The molecule has 2 heterocycles. The predicted molar refractivity (Wildman–Crippen MR) is 72.8 cm³/mol. The third kappa shape index (κ3) is 2.84. The number of oxazole rings is 1. The number of rotatable bonds is 4. The number of piperazine rings is 1. The summed E-state index contributed by atoms with van der Waals surface area (Å²) < 4.78 is 5.59. The van der Waals surface area contributed by atoms with Crippen LogP contribution in [-0.2, 0) is 6.54 Å². The van der Waals surface area contributed by atoms with Crippen molar-refractivity contribution < 1.29 is 4.42 Å². The van der Waals surface area contributed by atoms with Gasteiger partial charge in [0.05, 0.1) is 5.69 Å². The standard InChI is InChI=1S/C13H24N4O/c1-5-14-6-12-9-18-13(15-12)17-7-10(2)16(4)11(3)8-17/h9-11,14H,5-8H2,1-4H3. The smallest absolute Gasteiger partial charge is 0.297 e.